The second-order valence-corrected chi connectivity index (χ2v) is 23.5. The van der Waals surface area contributed by atoms with Crippen LogP contribution in [0.3, 0.4) is 0 Å². The van der Waals surface area contributed by atoms with Gasteiger partial charge in [0.15, 0.2) is 30.9 Å². The quantitative estimate of drug-likeness (QED) is 0.0754. The summed E-state index contributed by atoms with van der Waals surface area (Å²) in [5.74, 6) is -1.33. The largest absolute Gasteiger partial charge is 0.394 e. The summed E-state index contributed by atoms with van der Waals surface area (Å²) < 4.78 is 55.3. The van der Waals surface area contributed by atoms with Gasteiger partial charge in [-0.25, -0.2) is 0 Å². The molecule has 5 heterocycles. The van der Waals surface area contributed by atoms with E-state index in [4.69, 9.17) is 42.6 Å². The maximum absolute atomic E-state index is 12.2. The van der Waals surface area contributed by atoms with Crippen LogP contribution in [0.1, 0.15) is 86.0 Å². The summed E-state index contributed by atoms with van der Waals surface area (Å²) in [6, 6.07) is 0. The van der Waals surface area contributed by atoms with E-state index in [1.807, 2.05) is 6.92 Å². The van der Waals surface area contributed by atoms with Crippen LogP contribution in [0.25, 0.3) is 0 Å². The third-order valence-electron chi connectivity index (χ3n) is 19.2. The Bertz CT molecular complexity index is 1900. The fraction of sp³-hybridized carbons (Fsp3) is 0.960. The van der Waals surface area contributed by atoms with Crippen molar-refractivity contribution >= 4 is 0 Å². The van der Waals surface area contributed by atoms with Crippen molar-refractivity contribution in [3.63, 3.8) is 0 Å². The molecule has 14 N–H and O–H groups in total. The van der Waals surface area contributed by atoms with E-state index in [1.165, 1.54) is 0 Å². The van der Waals surface area contributed by atoms with Crippen molar-refractivity contribution in [2.75, 3.05) is 26.4 Å². The van der Waals surface area contributed by atoms with E-state index in [0.717, 1.165) is 24.8 Å². The first-order valence-electron chi connectivity index (χ1n) is 26.4. The number of aliphatic hydroxyl groups is 14. The second kappa shape index (κ2) is 21.8. The number of hydrogen-bond donors (Lipinski definition) is 14. The van der Waals surface area contributed by atoms with Gasteiger partial charge in [0, 0.05) is 24.2 Å². The summed E-state index contributed by atoms with van der Waals surface area (Å²) in [6.45, 7) is 8.37. The Morgan fingerprint density at radius 2 is 1.33 bits per heavy atom. The molecule has 0 unspecified atom stereocenters. The summed E-state index contributed by atoms with van der Waals surface area (Å²) in [7, 11) is 0. The van der Waals surface area contributed by atoms with Crippen molar-refractivity contribution in [3.05, 3.63) is 11.6 Å². The Kier molecular flexibility index (Phi) is 16.9. The highest BCUT2D eigenvalue weighted by molar-refractivity contribution is 5.29. The molecule has 9 rings (SSSR count). The van der Waals surface area contributed by atoms with Crippen LogP contribution in [0, 0.1) is 46.3 Å². The maximum atomic E-state index is 12.2. The SMILES string of the molecule is C[C@@H](CC[C@@]1(O)O[C@H]2C[C@H]3[C@@H]4CC=C5C[C@@H](O)C[C@@H](O[C@@H]6O[C@H](C)[C@H](O)[C@H](O[C@@H]7OC[C@@H](O)[C@H](O)[C@H]7O)[C@H]6O[C@@H]6O[C@H](CO)[C@@H](O)[C@H](O)[C@H]6O)[C@]5(C)[C@H]4CC[C@]3(C)[C@H]2[C@@H]1C)CO[C@@H]1O[C@H](CO)[C@@H](O)[C@H](O)[C@H]1O. The highest BCUT2D eigenvalue weighted by atomic mass is 16.8. The van der Waals surface area contributed by atoms with Crippen LogP contribution in [0.15, 0.2) is 11.6 Å². The molecule has 9 aliphatic rings. The molecule has 8 fully saturated rings. The number of fused-ring (bicyclic) bond motifs is 7. The molecule has 0 spiro atoms. The molecule has 5 saturated heterocycles. The van der Waals surface area contributed by atoms with E-state index >= 15 is 0 Å². The van der Waals surface area contributed by atoms with Crippen LogP contribution in [0.4, 0.5) is 0 Å². The Hall–Kier alpha value is -1.18. The summed E-state index contributed by atoms with van der Waals surface area (Å²) in [5.41, 5.74) is 0.136. The van der Waals surface area contributed by atoms with Crippen molar-refractivity contribution in [1.29, 1.82) is 0 Å². The lowest BCUT2D eigenvalue weighted by molar-refractivity contribution is -0.392. The van der Waals surface area contributed by atoms with Crippen LogP contribution in [-0.2, 0) is 42.6 Å². The van der Waals surface area contributed by atoms with Gasteiger partial charge in [-0.15, -0.1) is 0 Å². The number of allylic oxidation sites excluding steroid dienone is 1. The Balaban J connectivity index is 0.918. The van der Waals surface area contributed by atoms with Crippen molar-refractivity contribution in [3.8, 4) is 0 Å². The lowest BCUT2D eigenvalue weighted by Gasteiger charge is -2.60. The molecule has 0 radical (unpaired) electrons. The molecule has 3 saturated carbocycles. The highest BCUT2D eigenvalue weighted by Gasteiger charge is 2.69. The van der Waals surface area contributed by atoms with Gasteiger partial charge in [0.25, 0.3) is 0 Å². The number of rotatable bonds is 14. The monoisotopic (exact) mass is 1050 g/mol. The van der Waals surface area contributed by atoms with E-state index in [9.17, 15) is 71.5 Å². The van der Waals surface area contributed by atoms with Crippen LogP contribution in [-0.4, -0.2) is 239 Å². The average Bonchev–Trinajstić information content (AvgIpc) is 3.80. The summed E-state index contributed by atoms with van der Waals surface area (Å²) in [6.07, 6.45) is -24.1. The fourth-order valence-electron chi connectivity index (χ4n) is 14.8. The van der Waals surface area contributed by atoms with Crippen LogP contribution in [0.5, 0.6) is 0 Å². The summed E-state index contributed by atoms with van der Waals surface area (Å²) in [4.78, 5) is 0. The molecule has 23 heteroatoms. The van der Waals surface area contributed by atoms with Crippen LogP contribution in [0.2, 0.25) is 0 Å². The molecule has 0 aromatic carbocycles. The molecule has 0 aromatic heterocycles. The average molecular weight is 1050 g/mol. The third kappa shape index (κ3) is 10.0. The minimum Gasteiger partial charge on any atom is -0.394 e. The molecule has 5 aliphatic heterocycles. The van der Waals surface area contributed by atoms with Gasteiger partial charge < -0.3 is 114 Å². The maximum Gasteiger partial charge on any atom is 0.187 e. The van der Waals surface area contributed by atoms with Crippen molar-refractivity contribution in [2.24, 2.45) is 46.3 Å². The molecule has 23 nitrogen and oxygen atoms in total. The molecule has 4 aliphatic carbocycles. The predicted octanol–water partition coefficient (Wildman–Crippen LogP) is -3.40. The number of ether oxygens (including phenoxy) is 9. The molecule has 73 heavy (non-hydrogen) atoms. The van der Waals surface area contributed by atoms with E-state index in [2.05, 4.69) is 26.8 Å². The van der Waals surface area contributed by atoms with Gasteiger partial charge in [0.2, 0.25) is 0 Å². The molecule has 0 bridgehead atoms. The topological polar surface area (TPSA) is 366 Å². The minimum absolute atomic E-state index is 0.0411. The Labute approximate surface area is 424 Å². The smallest absolute Gasteiger partial charge is 0.187 e. The zero-order valence-corrected chi connectivity index (χ0v) is 42.2. The van der Waals surface area contributed by atoms with Gasteiger partial charge in [-0.05, 0) is 80.5 Å². The van der Waals surface area contributed by atoms with Gasteiger partial charge in [-0.2, -0.15) is 0 Å². The zero-order chi connectivity index (χ0) is 52.8. The molecular weight excluding hydrogens is 969 g/mol. The van der Waals surface area contributed by atoms with Gasteiger partial charge in [-0.3, -0.25) is 0 Å². The first kappa shape index (κ1) is 56.5. The fourth-order valence-corrected chi connectivity index (χ4v) is 14.8. The lowest BCUT2D eigenvalue weighted by atomic mass is 9.46. The Morgan fingerprint density at radius 3 is 2.00 bits per heavy atom. The molecular formula is C50H82O23. The van der Waals surface area contributed by atoms with E-state index < -0.39 is 160 Å². The van der Waals surface area contributed by atoms with Crippen molar-refractivity contribution in [1.82, 2.24) is 0 Å². The predicted molar refractivity (Wildman–Crippen MR) is 246 cm³/mol. The molecule has 0 aromatic rings. The molecule has 420 valence electrons. The standard InChI is InChI=1S/C50H82O23/c1-19(17-65-44-40(62)37(59)35(57)29(15-51)68-44)8-11-50(64)20(2)32-28(73-50)14-26-24-7-6-22-12-23(53)13-31(49(22,5)25(24)9-10-48(26,32)4)70-47-43(72-46-41(63)38(60)36(58)30(16-52)69-46)42(33(55)21(3)67-47)71-45-39(61)34(56)27(54)18-66-45/h6,19-21,23-47,51-64H,7-18H2,1-5H3/t19-,20-,21+,23+,24+,25-,26-,27+,28-,29+,30+,31+,32-,33-,34-,35+,36+,37-,38-,39+,40+,41+,42-,43+,44+,45-,46-,47-,48-,49-,50+/m0/s1. The van der Waals surface area contributed by atoms with Gasteiger partial charge >= 0.3 is 0 Å². The highest BCUT2D eigenvalue weighted by Crippen LogP contribution is 2.70. The van der Waals surface area contributed by atoms with E-state index in [-0.39, 0.29) is 60.1 Å². The normalized spacial score (nSPS) is 55.5. The molecule has 0 amide bonds. The van der Waals surface area contributed by atoms with Crippen LogP contribution >= 0.6 is 0 Å². The first-order valence-corrected chi connectivity index (χ1v) is 26.4. The Morgan fingerprint density at radius 1 is 0.699 bits per heavy atom. The van der Waals surface area contributed by atoms with E-state index in [1.54, 1.807) is 6.92 Å². The van der Waals surface area contributed by atoms with Crippen molar-refractivity contribution < 1.29 is 114 Å². The van der Waals surface area contributed by atoms with Gasteiger partial charge in [0.05, 0.1) is 50.8 Å². The van der Waals surface area contributed by atoms with Gasteiger partial charge in [0.1, 0.15) is 85.5 Å². The number of aliphatic hydroxyl groups excluding tert-OH is 13. The summed E-state index contributed by atoms with van der Waals surface area (Å²) in [5, 5.41) is 150. The zero-order valence-electron chi connectivity index (χ0n) is 42.2. The van der Waals surface area contributed by atoms with Crippen LogP contribution < -0.4 is 0 Å². The number of hydrogen-bond acceptors (Lipinski definition) is 23. The molecule has 31 atom stereocenters. The summed E-state index contributed by atoms with van der Waals surface area (Å²) >= 11 is 0. The first-order chi connectivity index (χ1) is 34.5. The van der Waals surface area contributed by atoms with E-state index in [0.29, 0.717) is 25.7 Å². The lowest BCUT2D eigenvalue weighted by Crippen LogP contribution is -2.67. The van der Waals surface area contributed by atoms with Gasteiger partial charge in [-0.1, -0.05) is 39.3 Å². The minimum atomic E-state index is -1.88. The second-order valence-electron chi connectivity index (χ2n) is 23.5. The van der Waals surface area contributed by atoms with Crippen molar-refractivity contribution in [2.45, 2.75) is 227 Å². The third-order valence-corrected chi connectivity index (χ3v) is 19.2.